The lowest BCUT2D eigenvalue weighted by Crippen LogP contribution is -2.40. The summed E-state index contributed by atoms with van der Waals surface area (Å²) in [6.07, 6.45) is 1.83. The van der Waals surface area contributed by atoms with Gasteiger partial charge in [-0.25, -0.2) is 8.42 Å². The SMILES string of the molecule is CC(O)c1ccc(S(=O)(=O)N2CCCC(CCO)C2)cc1. The maximum atomic E-state index is 12.6. The fraction of sp³-hybridized carbons (Fsp3) is 0.600. The molecular weight excluding hydrogens is 290 g/mol. The third-order valence-corrected chi connectivity index (χ3v) is 5.90. The van der Waals surface area contributed by atoms with E-state index in [0.717, 1.165) is 12.8 Å². The Hall–Kier alpha value is -0.950. The van der Waals surface area contributed by atoms with Gasteiger partial charge in [-0.05, 0) is 49.8 Å². The smallest absolute Gasteiger partial charge is 0.243 e. The summed E-state index contributed by atoms with van der Waals surface area (Å²) in [5, 5.41) is 18.5. The predicted octanol–water partition coefficient (Wildman–Crippen LogP) is 1.52. The molecule has 0 bridgehead atoms. The van der Waals surface area contributed by atoms with Gasteiger partial charge in [0.25, 0.3) is 0 Å². The van der Waals surface area contributed by atoms with Gasteiger partial charge >= 0.3 is 0 Å². The van der Waals surface area contributed by atoms with E-state index in [-0.39, 0.29) is 17.4 Å². The standard InChI is InChI=1S/C15H23NO4S/c1-12(18)14-4-6-15(7-5-14)21(19,20)16-9-2-3-13(11-16)8-10-17/h4-7,12-13,17-18H,2-3,8-11H2,1H3. The Kier molecular flexibility index (Phi) is 5.37. The third-order valence-electron chi connectivity index (χ3n) is 4.02. The van der Waals surface area contributed by atoms with Crippen LogP contribution >= 0.6 is 0 Å². The molecule has 1 fully saturated rings. The van der Waals surface area contributed by atoms with E-state index >= 15 is 0 Å². The molecule has 0 amide bonds. The highest BCUT2D eigenvalue weighted by Crippen LogP contribution is 2.26. The first-order valence-corrected chi connectivity index (χ1v) is 8.78. The molecule has 2 atom stereocenters. The van der Waals surface area contributed by atoms with Crippen molar-refractivity contribution in [3.8, 4) is 0 Å². The van der Waals surface area contributed by atoms with E-state index in [2.05, 4.69) is 0 Å². The molecule has 2 rings (SSSR count). The van der Waals surface area contributed by atoms with Gasteiger partial charge in [0.1, 0.15) is 0 Å². The number of hydrogen-bond donors (Lipinski definition) is 2. The van der Waals surface area contributed by atoms with Crippen molar-refractivity contribution in [2.45, 2.75) is 37.2 Å². The maximum absolute atomic E-state index is 12.6. The van der Waals surface area contributed by atoms with Gasteiger partial charge in [-0.1, -0.05) is 12.1 Å². The second-order valence-electron chi connectivity index (χ2n) is 5.63. The van der Waals surface area contributed by atoms with E-state index in [1.807, 2.05) is 0 Å². The first-order valence-electron chi connectivity index (χ1n) is 7.34. The van der Waals surface area contributed by atoms with Crippen LogP contribution in [0, 0.1) is 5.92 Å². The monoisotopic (exact) mass is 313 g/mol. The lowest BCUT2D eigenvalue weighted by atomic mass is 9.97. The molecular formula is C15H23NO4S. The zero-order valence-electron chi connectivity index (χ0n) is 12.3. The van der Waals surface area contributed by atoms with Gasteiger partial charge in [-0.2, -0.15) is 4.31 Å². The second-order valence-corrected chi connectivity index (χ2v) is 7.57. The van der Waals surface area contributed by atoms with Crippen LogP contribution < -0.4 is 0 Å². The highest BCUT2D eigenvalue weighted by Gasteiger charge is 2.29. The summed E-state index contributed by atoms with van der Waals surface area (Å²) in [6, 6.07) is 6.39. The van der Waals surface area contributed by atoms with Crippen LogP contribution in [0.5, 0.6) is 0 Å². The van der Waals surface area contributed by atoms with Gasteiger partial charge in [0, 0.05) is 19.7 Å². The largest absolute Gasteiger partial charge is 0.396 e. The number of aliphatic hydroxyl groups excluding tert-OH is 2. The summed E-state index contributed by atoms with van der Waals surface area (Å²) in [7, 11) is -3.49. The van der Waals surface area contributed by atoms with Gasteiger partial charge in [0.05, 0.1) is 11.0 Å². The van der Waals surface area contributed by atoms with Crippen molar-refractivity contribution in [3.05, 3.63) is 29.8 Å². The summed E-state index contributed by atoms with van der Waals surface area (Å²) in [4.78, 5) is 0.261. The maximum Gasteiger partial charge on any atom is 0.243 e. The Morgan fingerprint density at radius 2 is 2.00 bits per heavy atom. The van der Waals surface area contributed by atoms with Crippen LogP contribution in [0.2, 0.25) is 0 Å². The van der Waals surface area contributed by atoms with Crippen molar-refractivity contribution in [2.24, 2.45) is 5.92 Å². The topological polar surface area (TPSA) is 77.8 Å². The Balaban J connectivity index is 2.17. The lowest BCUT2D eigenvalue weighted by Gasteiger charge is -2.31. The van der Waals surface area contributed by atoms with Crippen LogP contribution in [0.3, 0.4) is 0 Å². The van der Waals surface area contributed by atoms with Gasteiger partial charge in [-0.15, -0.1) is 0 Å². The van der Waals surface area contributed by atoms with Gasteiger partial charge in [0.15, 0.2) is 0 Å². The number of rotatable bonds is 5. The molecule has 0 aliphatic carbocycles. The molecule has 118 valence electrons. The molecule has 1 aliphatic heterocycles. The van der Waals surface area contributed by atoms with E-state index < -0.39 is 16.1 Å². The van der Waals surface area contributed by atoms with Crippen LogP contribution in [-0.2, 0) is 10.0 Å². The van der Waals surface area contributed by atoms with Crippen molar-refractivity contribution in [3.63, 3.8) is 0 Å². The quantitative estimate of drug-likeness (QED) is 0.864. The molecule has 1 aromatic carbocycles. The van der Waals surface area contributed by atoms with Gasteiger partial charge in [0.2, 0.25) is 10.0 Å². The molecule has 0 spiro atoms. The summed E-state index contributed by atoms with van der Waals surface area (Å²) in [6.45, 7) is 2.75. The van der Waals surface area contributed by atoms with Crippen molar-refractivity contribution >= 4 is 10.0 Å². The normalized spacial score (nSPS) is 22.1. The predicted molar refractivity (Wildman–Crippen MR) is 80.3 cm³/mol. The molecule has 6 heteroatoms. The third kappa shape index (κ3) is 3.83. The van der Waals surface area contributed by atoms with E-state index in [4.69, 9.17) is 5.11 Å². The molecule has 0 aromatic heterocycles. The average molecular weight is 313 g/mol. The molecule has 0 radical (unpaired) electrons. The molecule has 2 N–H and O–H groups in total. The molecule has 1 aromatic rings. The number of nitrogens with zero attached hydrogens (tertiary/aromatic N) is 1. The van der Waals surface area contributed by atoms with Gasteiger partial charge < -0.3 is 10.2 Å². The Labute approximate surface area is 126 Å². The number of aliphatic hydroxyl groups is 2. The lowest BCUT2D eigenvalue weighted by molar-refractivity contribution is 0.199. The highest BCUT2D eigenvalue weighted by molar-refractivity contribution is 7.89. The summed E-state index contributed by atoms with van der Waals surface area (Å²) in [5.41, 5.74) is 0.700. The molecule has 0 saturated carbocycles. The van der Waals surface area contributed by atoms with Crippen LogP contribution in [0.1, 0.15) is 37.9 Å². The Morgan fingerprint density at radius 3 is 2.57 bits per heavy atom. The first-order chi connectivity index (χ1) is 9.95. The average Bonchev–Trinajstić information content (AvgIpc) is 2.48. The minimum atomic E-state index is -3.49. The molecule has 5 nitrogen and oxygen atoms in total. The first kappa shape index (κ1) is 16.4. The van der Waals surface area contributed by atoms with E-state index in [1.165, 1.54) is 4.31 Å². The minimum Gasteiger partial charge on any atom is -0.396 e. The van der Waals surface area contributed by atoms with E-state index in [0.29, 0.717) is 25.1 Å². The van der Waals surface area contributed by atoms with Crippen molar-refractivity contribution in [1.82, 2.24) is 4.31 Å². The van der Waals surface area contributed by atoms with Crippen LogP contribution in [-0.4, -0.2) is 42.6 Å². The molecule has 1 saturated heterocycles. The number of piperidine rings is 1. The fourth-order valence-corrected chi connectivity index (χ4v) is 4.29. The van der Waals surface area contributed by atoms with Crippen molar-refractivity contribution in [1.29, 1.82) is 0 Å². The summed E-state index contributed by atoms with van der Waals surface area (Å²) >= 11 is 0. The van der Waals surface area contributed by atoms with E-state index in [1.54, 1.807) is 31.2 Å². The number of hydrogen-bond acceptors (Lipinski definition) is 4. The second kappa shape index (κ2) is 6.87. The molecule has 2 unspecified atom stereocenters. The zero-order valence-corrected chi connectivity index (χ0v) is 13.1. The van der Waals surface area contributed by atoms with Crippen molar-refractivity contribution < 1.29 is 18.6 Å². The number of sulfonamides is 1. The van der Waals surface area contributed by atoms with E-state index in [9.17, 15) is 13.5 Å². The van der Waals surface area contributed by atoms with Crippen LogP contribution in [0.4, 0.5) is 0 Å². The van der Waals surface area contributed by atoms with Crippen LogP contribution in [0.15, 0.2) is 29.2 Å². The summed E-state index contributed by atoms with van der Waals surface area (Å²) < 4.78 is 26.7. The zero-order chi connectivity index (χ0) is 15.5. The molecule has 1 heterocycles. The Bertz CT molecular complexity index is 552. The molecule has 1 aliphatic rings. The minimum absolute atomic E-state index is 0.0988. The molecule has 21 heavy (non-hydrogen) atoms. The number of benzene rings is 1. The fourth-order valence-electron chi connectivity index (χ4n) is 2.73. The van der Waals surface area contributed by atoms with Crippen molar-refractivity contribution in [2.75, 3.05) is 19.7 Å². The Morgan fingerprint density at radius 1 is 1.33 bits per heavy atom. The van der Waals surface area contributed by atoms with Crippen LogP contribution in [0.25, 0.3) is 0 Å². The summed E-state index contributed by atoms with van der Waals surface area (Å²) in [5.74, 6) is 0.232. The van der Waals surface area contributed by atoms with Gasteiger partial charge in [-0.3, -0.25) is 0 Å². The highest BCUT2D eigenvalue weighted by atomic mass is 32.2.